The van der Waals surface area contributed by atoms with Gasteiger partial charge in [-0.2, -0.15) is 0 Å². The molecule has 0 bridgehead atoms. The van der Waals surface area contributed by atoms with Gasteiger partial charge in [0.1, 0.15) is 13.2 Å². The number of azide groups is 1. The molecule has 1 fully saturated rings. The Bertz CT molecular complexity index is 450. The van der Waals surface area contributed by atoms with Crippen LogP contribution in [0.5, 0.6) is 0 Å². The van der Waals surface area contributed by atoms with Gasteiger partial charge in [0.15, 0.2) is 0 Å². The maximum Gasteiger partial charge on any atom is 0.246 e. The van der Waals surface area contributed by atoms with Crippen LogP contribution in [0.1, 0.15) is 32.1 Å². The fraction of sp³-hybridized carbons (Fsp3) is 0.875. The van der Waals surface area contributed by atoms with E-state index in [1.54, 1.807) is 0 Å². The summed E-state index contributed by atoms with van der Waals surface area (Å²) in [5.74, 6) is -0.460. The molecule has 2 amide bonds. The smallest absolute Gasteiger partial charge is 0.246 e. The van der Waals surface area contributed by atoms with Gasteiger partial charge < -0.3 is 24.8 Å². The lowest BCUT2D eigenvalue weighted by Crippen LogP contribution is -2.39. The van der Waals surface area contributed by atoms with Gasteiger partial charge in [0.2, 0.25) is 11.8 Å². The number of nitrogens with zero attached hydrogens (tertiary/aromatic N) is 3. The largest absolute Gasteiger partial charge is 0.379 e. The molecule has 1 rings (SSSR count). The fourth-order valence-electron chi connectivity index (χ4n) is 2.54. The summed E-state index contributed by atoms with van der Waals surface area (Å²) in [6.45, 7) is 1.90. The van der Waals surface area contributed by atoms with Gasteiger partial charge in [0, 0.05) is 24.0 Å². The Hall–Kier alpha value is -1.87. The molecule has 0 spiro atoms. The van der Waals surface area contributed by atoms with Gasteiger partial charge in [-0.15, -0.1) is 0 Å². The van der Waals surface area contributed by atoms with E-state index in [-0.39, 0.29) is 31.1 Å². The Labute approximate surface area is 153 Å². The van der Waals surface area contributed by atoms with E-state index < -0.39 is 0 Å². The molecule has 1 aliphatic rings. The van der Waals surface area contributed by atoms with Crippen molar-refractivity contribution in [3.63, 3.8) is 0 Å². The molecule has 0 aromatic heterocycles. The Balaban J connectivity index is 1.87. The van der Waals surface area contributed by atoms with Gasteiger partial charge in [-0.3, -0.25) is 9.59 Å². The highest BCUT2D eigenvalue weighted by Gasteiger charge is 2.15. The lowest BCUT2D eigenvalue weighted by molar-refractivity contribution is -0.131. The number of rotatable bonds is 14. The van der Waals surface area contributed by atoms with Crippen molar-refractivity contribution in [1.29, 1.82) is 0 Å². The summed E-state index contributed by atoms with van der Waals surface area (Å²) in [6.07, 6.45) is 5.57. The molecular weight excluding hydrogens is 342 g/mol. The van der Waals surface area contributed by atoms with Crippen molar-refractivity contribution < 1.29 is 23.8 Å². The van der Waals surface area contributed by atoms with Crippen molar-refractivity contribution in [2.75, 3.05) is 52.7 Å². The first-order chi connectivity index (χ1) is 12.7. The first-order valence-electron chi connectivity index (χ1n) is 9.02. The molecule has 10 heteroatoms. The van der Waals surface area contributed by atoms with Crippen molar-refractivity contribution >= 4 is 11.8 Å². The van der Waals surface area contributed by atoms with E-state index in [0.717, 1.165) is 25.7 Å². The quantitative estimate of drug-likeness (QED) is 0.202. The molecule has 0 radical (unpaired) electrons. The van der Waals surface area contributed by atoms with Crippen LogP contribution in [-0.2, 0) is 23.8 Å². The molecule has 0 aromatic carbocycles. The molecule has 0 atom stereocenters. The first kappa shape index (κ1) is 22.2. The zero-order chi connectivity index (χ0) is 18.9. The van der Waals surface area contributed by atoms with Crippen molar-refractivity contribution in [3.05, 3.63) is 10.4 Å². The topological polar surface area (TPSA) is 135 Å². The zero-order valence-corrected chi connectivity index (χ0v) is 15.2. The maximum atomic E-state index is 11.7. The normalized spacial score (nSPS) is 14.5. The first-order valence-corrected chi connectivity index (χ1v) is 9.02. The average molecular weight is 371 g/mol. The highest BCUT2D eigenvalue weighted by molar-refractivity contribution is 5.79. The molecule has 26 heavy (non-hydrogen) atoms. The second-order valence-corrected chi connectivity index (χ2v) is 5.92. The molecule has 1 saturated carbocycles. The lowest BCUT2D eigenvalue weighted by atomic mass is 9.95. The van der Waals surface area contributed by atoms with E-state index in [4.69, 9.17) is 19.7 Å². The highest BCUT2D eigenvalue weighted by atomic mass is 16.5. The molecule has 0 aliphatic heterocycles. The summed E-state index contributed by atoms with van der Waals surface area (Å²) >= 11 is 0. The van der Waals surface area contributed by atoms with Gasteiger partial charge >= 0.3 is 0 Å². The van der Waals surface area contributed by atoms with E-state index in [1.165, 1.54) is 6.42 Å². The van der Waals surface area contributed by atoms with Gasteiger partial charge in [-0.25, -0.2) is 0 Å². The van der Waals surface area contributed by atoms with E-state index in [1.807, 2.05) is 0 Å². The minimum Gasteiger partial charge on any atom is -0.379 e. The summed E-state index contributed by atoms with van der Waals surface area (Å²) in [6, 6.07) is 0.244. The Morgan fingerprint density at radius 1 is 0.962 bits per heavy atom. The SMILES string of the molecule is [N-]=[N+]=NCCOCCOCCNC(=O)COCC(=O)NC1CCCCC1. The Morgan fingerprint density at radius 3 is 2.38 bits per heavy atom. The summed E-state index contributed by atoms with van der Waals surface area (Å²) in [5, 5.41) is 8.90. The molecule has 148 valence electrons. The fourth-order valence-corrected chi connectivity index (χ4v) is 2.54. The number of nitrogens with one attached hydrogen (secondary N) is 2. The molecule has 2 N–H and O–H groups in total. The van der Waals surface area contributed by atoms with Crippen LogP contribution in [0.15, 0.2) is 5.11 Å². The number of carbonyl (C=O) groups excluding carboxylic acids is 2. The van der Waals surface area contributed by atoms with Crippen molar-refractivity contribution in [3.8, 4) is 0 Å². The van der Waals surface area contributed by atoms with Crippen LogP contribution in [0.25, 0.3) is 10.4 Å². The standard InChI is InChI=1S/C16H29N5O5/c17-21-19-7-9-25-11-10-24-8-6-18-15(22)12-26-13-16(23)20-14-4-2-1-3-5-14/h14H,1-13H2,(H,18,22)(H,20,23). The summed E-state index contributed by atoms with van der Waals surface area (Å²) in [4.78, 5) is 25.9. The minimum atomic E-state index is -0.287. The third-order valence-electron chi connectivity index (χ3n) is 3.78. The number of ether oxygens (including phenoxy) is 3. The molecule has 0 saturated heterocycles. The summed E-state index contributed by atoms with van der Waals surface area (Å²) in [7, 11) is 0. The minimum absolute atomic E-state index is 0.104. The highest BCUT2D eigenvalue weighted by Crippen LogP contribution is 2.17. The third kappa shape index (κ3) is 12.5. The van der Waals surface area contributed by atoms with Crippen LogP contribution < -0.4 is 10.6 Å². The average Bonchev–Trinajstić information content (AvgIpc) is 2.64. The Morgan fingerprint density at radius 2 is 1.65 bits per heavy atom. The van der Waals surface area contributed by atoms with E-state index in [2.05, 4.69) is 20.7 Å². The molecular formula is C16H29N5O5. The third-order valence-corrected chi connectivity index (χ3v) is 3.78. The van der Waals surface area contributed by atoms with Crippen LogP contribution in [-0.4, -0.2) is 70.6 Å². The number of hydrogen-bond acceptors (Lipinski definition) is 6. The van der Waals surface area contributed by atoms with Crippen molar-refractivity contribution in [2.45, 2.75) is 38.1 Å². The van der Waals surface area contributed by atoms with Crippen LogP contribution in [0, 0.1) is 0 Å². The van der Waals surface area contributed by atoms with Crippen LogP contribution in [0.4, 0.5) is 0 Å². The molecule has 0 aromatic rings. The Kier molecular flexibility index (Phi) is 13.1. The lowest BCUT2D eigenvalue weighted by Gasteiger charge is -2.22. The van der Waals surface area contributed by atoms with Crippen LogP contribution in [0.3, 0.4) is 0 Å². The number of amides is 2. The van der Waals surface area contributed by atoms with Crippen LogP contribution in [0.2, 0.25) is 0 Å². The summed E-state index contributed by atoms with van der Waals surface area (Å²) in [5.41, 5.74) is 8.07. The molecule has 0 unspecified atom stereocenters. The van der Waals surface area contributed by atoms with Gasteiger partial charge in [-0.1, -0.05) is 24.4 Å². The van der Waals surface area contributed by atoms with E-state index in [0.29, 0.717) is 39.5 Å². The monoisotopic (exact) mass is 371 g/mol. The second-order valence-electron chi connectivity index (χ2n) is 5.92. The van der Waals surface area contributed by atoms with Crippen LogP contribution >= 0.6 is 0 Å². The number of hydrogen-bond donors (Lipinski definition) is 2. The molecule has 1 aliphatic carbocycles. The number of carbonyl (C=O) groups is 2. The van der Waals surface area contributed by atoms with Gasteiger partial charge in [0.25, 0.3) is 0 Å². The molecule has 0 heterocycles. The molecule has 10 nitrogen and oxygen atoms in total. The second kappa shape index (κ2) is 15.4. The maximum absolute atomic E-state index is 11.7. The van der Waals surface area contributed by atoms with Crippen molar-refractivity contribution in [1.82, 2.24) is 10.6 Å². The van der Waals surface area contributed by atoms with E-state index >= 15 is 0 Å². The zero-order valence-electron chi connectivity index (χ0n) is 15.2. The summed E-state index contributed by atoms with van der Waals surface area (Å²) < 4.78 is 15.5. The van der Waals surface area contributed by atoms with Gasteiger partial charge in [0.05, 0.1) is 26.4 Å². The van der Waals surface area contributed by atoms with Gasteiger partial charge in [-0.05, 0) is 18.4 Å². The predicted octanol–water partition coefficient (Wildman–Crippen LogP) is 0.912. The van der Waals surface area contributed by atoms with Crippen molar-refractivity contribution in [2.24, 2.45) is 5.11 Å². The van der Waals surface area contributed by atoms with E-state index in [9.17, 15) is 9.59 Å². The predicted molar refractivity (Wildman–Crippen MR) is 94.5 cm³/mol.